The van der Waals surface area contributed by atoms with Crippen LogP contribution in [-0.2, 0) is 28.1 Å². The number of carbonyl (C=O) groups excluding carboxylic acids is 2. The van der Waals surface area contributed by atoms with Crippen molar-refractivity contribution in [3.8, 4) is 0 Å². The quantitative estimate of drug-likeness (QED) is 0.187. The molecule has 1 aromatic heterocycles. The molecular formula is C30H33ClN6O5. The summed E-state index contributed by atoms with van der Waals surface area (Å²) in [4.78, 5) is 43.2. The Balaban J connectivity index is 1.21. The first-order valence-corrected chi connectivity index (χ1v) is 14.2. The molecule has 2 heterocycles. The van der Waals surface area contributed by atoms with Gasteiger partial charge in [0, 0.05) is 23.6 Å². The second-order valence-electron chi connectivity index (χ2n) is 11.0. The van der Waals surface area contributed by atoms with Crippen LogP contribution >= 0.6 is 11.6 Å². The maximum absolute atomic E-state index is 13.4. The number of aromatic nitrogens is 2. The maximum Gasteiger partial charge on any atom is 0.413 e. The van der Waals surface area contributed by atoms with Crippen LogP contribution in [0.4, 0.5) is 10.6 Å². The number of rotatable bonds is 9. The van der Waals surface area contributed by atoms with Gasteiger partial charge in [-0.25, -0.2) is 9.78 Å². The predicted octanol–water partition coefficient (Wildman–Crippen LogP) is 3.62. The number of aliphatic hydroxyl groups is 1. The van der Waals surface area contributed by atoms with E-state index in [2.05, 4.69) is 20.9 Å². The molecule has 1 fully saturated rings. The van der Waals surface area contributed by atoms with Gasteiger partial charge in [-0.05, 0) is 36.8 Å². The molecule has 2 amide bonds. The largest absolute Gasteiger partial charge is 0.444 e. The van der Waals surface area contributed by atoms with Gasteiger partial charge >= 0.3 is 6.09 Å². The second-order valence-corrected chi connectivity index (χ2v) is 11.3. The van der Waals surface area contributed by atoms with Crippen molar-refractivity contribution in [3.05, 3.63) is 92.5 Å². The molecule has 42 heavy (non-hydrogen) atoms. The number of hydrogen-bond acceptors (Lipinski definition) is 8. The van der Waals surface area contributed by atoms with Crippen molar-refractivity contribution in [1.82, 2.24) is 20.2 Å². The Labute approximate surface area is 247 Å². The molecule has 3 aromatic rings. The zero-order chi connectivity index (χ0) is 29.9. The van der Waals surface area contributed by atoms with Crippen LogP contribution in [0, 0.1) is 5.41 Å². The van der Waals surface area contributed by atoms with Gasteiger partial charge in [0.1, 0.15) is 18.5 Å². The fraction of sp³-hybridized carbons (Fsp3) is 0.367. The summed E-state index contributed by atoms with van der Waals surface area (Å²) in [6.07, 6.45) is 2.41. The third-order valence-corrected chi connectivity index (χ3v) is 8.11. The lowest BCUT2D eigenvalue weighted by Gasteiger charge is -2.27. The Morgan fingerprint density at radius 1 is 1.14 bits per heavy atom. The van der Waals surface area contributed by atoms with Gasteiger partial charge in [-0.3, -0.25) is 24.9 Å². The summed E-state index contributed by atoms with van der Waals surface area (Å²) in [6.45, 7) is 1.72. The standard InChI is InChI=1S/C30H33ClN6O5/c1-30(17-38)14-22(37-23(30)24(31)35-26(28(37)40)34-21-8-5-9-21)27(39)33-15-18-10-12-20(13-11-18)25(32)36-29(41)42-16-19-6-3-2-4-7-19/h2-4,6-7,10-13,21-22,38H,5,8-9,14-17H2,1H3,(H,33,39)(H,34,35)(H2,32,36,41). The van der Waals surface area contributed by atoms with Gasteiger partial charge in [0.25, 0.3) is 5.56 Å². The Morgan fingerprint density at radius 3 is 2.50 bits per heavy atom. The van der Waals surface area contributed by atoms with Gasteiger partial charge in [-0.1, -0.05) is 73.1 Å². The molecule has 0 saturated heterocycles. The fourth-order valence-corrected chi connectivity index (χ4v) is 5.59. The van der Waals surface area contributed by atoms with Crippen molar-refractivity contribution >= 4 is 35.3 Å². The molecule has 5 rings (SSSR count). The van der Waals surface area contributed by atoms with Crippen LogP contribution in [0.3, 0.4) is 0 Å². The lowest BCUT2D eigenvalue weighted by atomic mass is 9.85. The Bertz CT molecular complexity index is 1540. The van der Waals surface area contributed by atoms with E-state index in [-0.39, 0.29) is 54.9 Å². The number of fused-ring (bicyclic) bond motifs is 1. The minimum atomic E-state index is -0.905. The maximum atomic E-state index is 13.4. The smallest absolute Gasteiger partial charge is 0.413 e. The molecule has 1 saturated carbocycles. The number of carbonyl (C=O) groups is 2. The zero-order valence-corrected chi connectivity index (χ0v) is 23.9. The highest BCUT2D eigenvalue weighted by Gasteiger charge is 2.46. The molecular weight excluding hydrogens is 560 g/mol. The normalized spacial score (nSPS) is 19.4. The highest BCUT2D eigenvalue weighted by atomic mass is 35.5. The van der Waals surface area contributed by atoms with Gasteiger partial charge in [0.15, 0.2) is 11.0 Å². The summed E-state index contributed by atoms with van der Waals surface area (Å²) in [5.74, 6) is -0.387. The van der Waals surface area contributed by atoms with Crippen molar-refractivity contribution in [2.75, 3.05) is 11.9 Å². The van der Waals surface area contributed by atoms with Gasteiger partial charge < -0.3 is 20.5 Å². The molecule has 2 aliphatic rings. The minimum Gasteiger partial charge on any atom is -0.444 e. The first-order chi connectivity index (χ1) is 20.2. The number of anilines is 1. The molecule has 0 spiro atoms. The SMILES string of the molecule is CC1(CO)CC(C(=O)NCc2ccc(C(=N)NC(=O)OCc3ccccc3)cc2)n2c1c(Cl)nc(NC1CCC1)c2=O. The average molecular weight is 593 g/mol. The molecule has 5 N–H and O–H groups in total. The van der Waals surface area contributed by atoms with E-state index in [0.717, 1.165) is 30.4 Å². The van der Waals surface area contributed by atoms with Gasteiger partial charge in [-0.15, -0.1) is 0 Å². The van der Waals surface area contributed by atoms with E-state index in [0.29, 0.717) is 11.3 Å². The van der Waals surface area contributed by atoms with E-state index in [1.165, 1.54) is 4.57 Å². The summed E-state index contributed by atoms with van der Waals surface area (Å²) < 4.78 is 6.53. The third kappa shape index (κ3) is 6.17. The first-order valence-electron chi connectivity index (χ1n) is 13.8. The Kier molecular flexibility index (Phi) is 8.60. The number of nitrogens with one attached hydrogen (secondary N) is 4. The Hall–Kier alpha value is -4.22. The Morgan fingerprint density at radius 2 is 1.86 bits per heavy atom. The minimum absolute atomic E-state index is 0.0920. The molecule has 2 unspecified atom stereocenters. The van der Waals surface area contributed by atoms with Gasteiger partial charge in [0.2, 0.25) is 5.91 Å². The predicted molar refractivity (Wildman–Crippen MR) is 158 cm³/mol. The number of alkyl carbamates (subject to hydrolysis) is 1. The van der Waals surface area contributed by atoms with Crippen LogP contribution in [-0.4, -0.2) is 45.1 Å². The molecule has 1 aliphatic heterocycles. The summed E-state index contributed by atoms with van der Waals surface area (Å²) in [5, 5.41) is 26.9. The van der Waals surface area contributed by atoms with E-state index >= 15 is 0 Å². The molecule has 1 aliphatic carbocycles. The van der Waals surface area contributed by atoms with Crippen LogP contribution in [0.1, 0.15) is 61.0 Å². The van der Waals surface area contributed by atoms with Crippen LogP contribution in [0.25, 0.3) is 0 Å². The summed E-state index contributed by atoms with van der Waals surface area (Å²) >= 11 is 6.51. The molecule has 220 valence electrons. The highest BCUT2D eigenvalue weighted by molar-refractivity contribution is 6.30. The van der Waals surface area contributed by atoms with Crippen molar-refractivity contribution < 1.29 is 19.4 Å². The number of hydrogen-bond donors (Lipinski definition) is 5. The number of aliphatic hydroxyl groups excluding tert-OH is 1. The van der Waals surface area contributed by atoms with Gasteiger partial charge in [-0.2, -0.15) is 0 Å². The zero-order valence-electron chi connectivity index (χ0n) is 23.2. The molecule has 2 atom stereocenters. The lowest BCUT2D eigenvalue weighted by Crippen LogP contribution is -2.38. The van der Waals surface area contributed by atoms with Crippen molar-refractivity contribution in [1.29, 1.82) is 5.41 Å². The highest BCUT2D eigenvalue weighted by Crippen LogP contribution is 2.43. The third-order valence-electron chi connectivity index (χ3n) is 7.84. The van der Waals surface area contributed by atoms with Crippen molar-refractivity contribution in [2.24, 2.45) is 0 Å². The molecule has 2 aromatic carbocycles. The van der Waals surface area contributed by atoms with Crippen LogP contribution in [0.2, 0.25) is 5.15 Å². The number of ether oxygens (including phenoxy) is 1. The molecule has 0 radical (unpaired) electrons. The van der Waals surface area contributed by atoms with E-state index in [1.54, 1.807) is 31.2 Å². The topological polar surface area (TPSA) is 158 Å². The van der Waals surface area contributed by atoms with Crippen LogP contribution in [0.15, 0.2) is 59.4 Å². The summed E-state index contributed by atoms with van der Waals surface area (Å²) in [6, 6.07) is 15.3. The fourth-order valence-electron chi connectivity index (χ4n) is 5.18. The summed E-state index contributed by atoms with van der Waals surface area (Å²) in [5.41, 5.74) is 1.07. The summed E-state index contributed by atoms with van der Waals surface area (Å²) in [7, 11) is 0. The van der Waals surface area contributed by atoms with Crippen molar-refractivity contribution in [3.63, 3.8) is 0 Å². The monoisotopic (exact) mass is 592 g/mol. The number of amides is 2. The van der Waals surface area contributed by atoms with Crippen LogP contribution in [0.5, 0.6) is 0 Å². The van der Waals surface area contributed by atoms with Crippen LogP contribution < -0.4 is 21.5 Å². The number of amidine groups is 1. The van der Waals surface area contributed by atoms with E-state index in [1.807, 2.05) is 30.3 Å². The number of halogens is 1. The van der Waals surface area contributed by atoms with Crippen molar-refractivity contribution in [2.45, 2.75) is 63.3 Å². The average Bonchev–Trinajstić information content (AvgIpc) is 3.30. The van der Waals surface area contributed by atoms with E-state index < -0.39 is 23.1 Å². The number of benzene rings is 2. The lowest BCUT2D eigenvalue weighted by molar-refractivity contribution is -0.124. The molecule has 0 bridgehead atoms. The van der Waals surface area contributed by atoms with E-state index in [4.69, 9.17) is 21.7 Å². The molecule has 11 nitrogen and oxygen atoms in total. The molecule has 12 heteroatoms. The second kappa shape index (κ2) is 12.3. The number of nitrogens with zero attached hydrogens (tertiary/aromatic N) is 2. The van der Waals surface area contributed by atoms with E-state index in [9.17, 15) is 19.5 Å². The first kappa shape index (κ1) is 29.3. The van der Waals surface area contributed by atoms with Gasteiger partial charge in [0.05, 0.1) is 12.3 Å².